The molecule has 2 atom stereocenters. The SMILES string of the molecule is NC(=O)c1nn(CC(=O)N2C[C@H](F)C[C@H]2C(=O)Nc2ccc3cn[nH]c3c2)c2ccc(-c3ccnnc3)cc12. The van der Waals surface area contributed by atoms with Crippen molar-refractivity contribution in [2.45, 2.75) is 25.2 Å². The van der Waals surface area contributed by atoms with E-state index in [9.17, 15) is 18.8 Å². The predicted molar refractivity (Wildman–Crippen MR) is 139 cm³/mol. The lowest BCUT2D eigenvalue weighted by Gasteiger charge is -2.23. The van der Waals surface area contributed by atoms with Gasteiger partial charge in [0.25, 0.3) is 5.91 Å². The summed E-state index contributed by atoms with van der Waals surface area (Å²) in [6, 6.07) is 11.2. The Balaban J connectivity index is 1.25. The number of H-pyrrole nitrogens is 1. The van der Waals surface area contributed by atoms with Crippen molar-refractivity contribution < 1.29 is 18.8 Å². The van der Waals surface area contributed by atoms with Crippen LogP contribution in [0, 0.1) is 0 Å². The van der Waals surface area contributed by atoms with Gasteiger partial charge in [0.05, 0.1) is 36.2 Å². The number of halogens is 1. The van der Waals surface area contributed by atoms with E-state index in [1.54, 1.807) is 61.1 Å². The minimum atomic E-state index is -1.35. The van der Waals surface area contributed by atoms with Crippen LogP contribution < -0.4 is 11.1 Å². The summed E-state index contributed by atoms with van der Waals surface area (Å²) >= 11 is 0. The van der Waals surface area contributed by atoms with Crippen LogP contribution in [-0.4, -0.2) is 71.6 Å². The summed E-state index contributed by atoms with van der Waals surface area (Å²) in [5.74, 6) is -1.77. The fourth-order valence-corrected chi connectivity index (χ4v) is 4.89. The van der Waals surface area contributed by atoms with Gasteiger partial charge in [-0.1, -0.05) is 6.07 Å². The maximum absolute atomic E-state index is 14.5. The molecule has 4 heterocycles. The van der Waals surface area contributed by atoms with Crippen LogP contribution in [0.4, 0.5) is 10.1 Å². The normalized spacial score (nSPS) is 17.1. The van der Waals surface area contributed by atoms with Gasteiger partial charge >= 0.3 is 0 Å². The number of benzene rings is 2. The maximum Gasteiger partial charge on any atom is 0.269 e. The number of carbonyl (C=O) groups excluding carboxylic acids is 3. The molecule has 5 aromatic rings. The summed E-state index contributed by atoms with van der Waals surface area (Å²) in [6.45, 7) is -0.534. The maximum atomic E-state index is 14.5. The number of likely N-dealkylation sites (tertiary alicyclic amines) is 1. The predicted octanol–water partition coefficient (Wildman–Crippen LogP) is 2.05. The average Bonchev–Trinajstić information content (AvgIpc) is 3.65. The third kappa shape index (κ3) is 4.54. The van der Waals surface area contributed by atoms with Crippen LogP contribution in [0.1, 0.15) is 16.9 Å². The lowest BCUT2D eigenvalue weighted by atomic mass is 10.0. The minimum Gasteiger partial charge on any atom is -0.364 e. The summed E-state index contributed by atoms with van der Waals surface area (Å²) in [6.07, 6.45) is 3.31. The highest BCUT2D eigenvalue weighted by molar-refractivity contribution is 6.05. The van der Waals surface area contributed by atoms with Crippen LogP contribution >= 0.6 is 0 Å². The molecule has 1 aliphatic rings. The summed E-state index contributed by atoms with van der Waals surface area (Å²) in [7, 11) is 0. The van der Waals surface area contributed by atoms with Crippen molar-refractivity contribution in [3.63, 3.8) is 0 Å². The second kappa shape index (κ2) is 9.59. The van der Waals surface area contributed by atoms with Gasteiger partial charge in [0, 0.05) is 28.4 Å². The van der Waals surface area contributed by atoms with Gasteiger partial charge in [-0.15, -0.1) is 0 Å². The molecule has 6 rings (SSSR count). The van der Waals surface area contributed by atoms with Crippen LogP contribution in [0.25, 0.3) is 32.9 Å². The molecule has 4 N–H and O–H groups in total. The molecule has 3 aromatic heterocycles. The number of aromatic nitrogens is 6. The molecule has 0 saturated carbocycles. The van der Waals surface area contributed by atoms with Gasteiger partial charge in [-0.05, 0) is 42.0 Å². The Bertz CT molecular complexity index is 1730. The highest BCUT2D eigenvalue weighted by Gasteiger charge is 2.40. The molecule has 196 valence electrons. The molecule has 0 radical (unpaired) electrons. The smallest absolute Gasteiger partial charge is 0.269 e. The first-order valence-corrected chi connectivity index (χ1v) is 12.1. The summed E-state index contributed by atoms with van der Waals surface area (Å²) in [4.78, 5) is 39.8. The Hall–Kier alpha value is -5.20. The van der Waals surface area contributed by atoms with E-state index in [1.807, 2.05) is 0 Å². The number of nitrogens with one attached hydrogen (secondary N) is 2. The Morgan fingerprint density at radius 1 is 1.08 bits per heavy atom. The van der Waals surface area contributed by atoms with Crippen LogP contribution in [0.2, 0.25) is 0 Å². The van der Waals surface area contributed by atoms with Gasteiger partial charge in [0.2, 0.25) is 11.8 Å². The molecule has 13 heteroatoms. The van der Waals surface area contributed by atoms with Gasteiger partial charge in [0.1, 0.15) is 18.8 Å². The molecule has 1 saturated heterocycles. The first kappa shape index (κ1) is 24.2. The molecule has 0 aliphatic carbocycles. The molecule has 0 unspecified atom stereocenters. The summed E-state index contributed by atoms with van der Waals surface area (Å²) in [5, 5.41) is 22.8. The minimum absolute atomic E-state index is 0.00468. The molecule has 1 fully saturated rings. The molecule has 39 heavy (non-hydrogen) atoms. The number of nitrogens with zero attached hydrogens (tertiary/aromatic N) is 6. The number of hydrogen-bond donors (Lipinski definition) is 3. The zero-order chi connectivity index (χ0) is 27.1. The molecule has 1 aliphatic heterocycles. The van der Waals surface area contributed by atoms with Crippen molar-refractivity contribution in [2.24, 2.45) is 5.73 Å². The van der Waals surface area contributed by atoms with Gasteiger partial charge in [0.15, 0.2) is 5.69 Å². The van der Waals surface area contributed by atoms with E-state index >= 15 is 0 Å². The number of primary amides is 1. The molecule has 3 amide bonds. The fraction of sp³-hybridized carbons (Fsp3) is 0.192. The standard InChI is InChI=1S/C26H22FN9O3/c27-17-8-22(26(39)32-18-3-1-16-11-31-33-20(16)9-18)35(12-17)23(37)13-36-21-4-2-14(15-5-6-29-30-10-15)7-19(21)24(34-36)25(28)38/h1-7,9-11,17,22H,8,12-13H2,(H2,28,38)(H,31,33)(H,32,39)/t17-,22+/m1/s1. The van der Waals surface area contributed by atoms with Crippen molar-refractivity contribution >= 4 is 45.2 Å². The number of hydrogen-bond acceptors (Lipinski definition) is 7. The molecular weight excluding hydrogens is 505 g/mol. The zero-order valence-electron chi connectivity index (χ0n) is 20.4. The quantitative estimate of drug-likeness (QED) is 0.304. The first-order chi connectivity index (χ1) is 18.9. The first-order valence-electron chi connectivity index (χ1n) is 12.1. The second-order valence-electron chi connectivity index (χ2n) is 9.29. The molecule has 0 bridgehead atoms. The molecule has 0 spiro atoms. The Labute approximate surface area is 220 Å². The van der Waals surface area contributed by atoms with Crippen molar-refractivity contribution in [2.75, 3.05) is 11.9 Å². The topological polar surface area (TPSA) is 165 Å². The van der Waals surface area contributed by atoms with Crippen molar-refractivity contribution in [3.05, 3.63) is 66.7 Å². The lowest BCUT2D eigenvalue weighted by molar-refractivity contribution is -0.137. The van der Waals surface area contributed by atoms with Crippen LogP contribution in [0.15, 0.2) is 61.1 Å². The number of nitrogens with two attached hydrogens (primary N) is 1. The van der Waals surface area contributed by atoms with Crippen LogP contribution in [-0.2, 0) is 16.1 Å². The zero-order valence-corrected chi connectivity index (χ0v) is 20.4. The van der Waals surface area contributed by atoms with E-state index in [2.05, 4.69) is 30.8 Å². The Morgan fingerprint density at radius 3 is 2.74 bits per heavy atom. The molecule has 2 aromatic carbocycles. The Kier molecular flexibility index (Phi) is 5.94. The fourth-order valence-electron chi connectivity index (χ4n) is 4.89. The van der Waals surface area contributed by atoms with E-state index < -0.39 is 29.9 Å². The number of fused-ring (bicyclic) bond motifs is 2. The largest absolute Gasteiger partial charge is 0.364 e. The van der Waals surface area contributed by atoms with Crippen molar-refractivity contribution in [3.8, 4) is 11.1 Å². The van der Waals surface area contributed by atoms with Gasteiger partial charge in [-0.2, -0.15) is 20.4 Å². The van der Waals surface area contributed by atoms with Gasteiger partial charge in [-0.25, -0.2) is 4.39 Å². The monoisotopic (exact) mass is 527 g/mol. The number of carbonyl (C=O) groups is 3. The number of aromatic amines is 1. The third-order valence-electron chi connectivity index (χ3n) is 6.77. The number of rotatable bonds is 6. The number of alkyl halides is 1. The van der Waals surface area contributed by atoms with Crippen LogP contribution in [0.5, 0.6) is 0 Å². The Morgan fingerprint density at radius 2 is 1.95 bits per heavy atom. The number of anilines is 1. The summed E-state index contributed by atoms with van der Waals surface area (Å²) < 4.78 is 15.8. The average molecular weight is 528 g/mol. The van der Waals surface area contributed by atoms with E-state index in [0.717, 1.165) is 22.0 Å². The van der Waals surface area contributed by atoms with E-state index in [1.165, 1.54) is 9.58 Å². The van der Waals surface area contributed by atoms with E-state index in [-0.39, 0.29) is 25.2 Å². The van der Waals surface area contributed by atoms with Crippen molar-refractivity contribution in [1.29, 1.82) is 0 Å². The lowest BCUT2D eigenvalue weighted by Crippen LogP contribution is -2.44. The van der Waals surface area contributed by atoms with Crippen LogP contribution in [0.3, 0.4) is 0 Å². The highest BCUT2D eigenvalue weighted by atomic mass is 19.1. The van der Waals surface area contributed by atoms with E-state index in [4.69, 9.17) is 5.73 Å². The molecular formula is C26H22FN9O3. The highest BCUT2D eigenvalue weighted by Crippen LogP contribution is 2.28. The number of amides is 3. The van der Waals surface area contributed by atoms with Crippen molar-refractivity contribution in [1.82, 2.24) is 35.1 Å². The molecule has 12 nitrogen and oxygen atoms in total. The van der Waals surface area contributed by atoms with Gasteiger partial charge in [-0.3, -0.25) is 24.2 Å². The third-order valence-corrected chi connectivity index (χ3v) is 6.77. The second-order valence-corrected chi connectivity index (χ2v) is 9.29. The van der Waals surface area contributed by atoms with Gasteiger partial charge < -0.3 is 16.0 Å². The van der Waals surface area contributed by atoms with E-state index in [0.29, 0.717) is 16.6 Å². The summed E-state index contributed by atoms with van der Waals surface area (Å²) in [5.41, 5.74) is 8.83.